The first-order valence-corrected chi connectivity index (χ1v) is 13.7. The maximum Gasteiger partial charge on any atom is 0.336 e. The number of carboxylic acid groups (broad SMARTS) is 1. The van der Waals surface area contributed by atoms with Crippen molar-refractivity contribution in [3.05, 3.63) is 129 Å². The fourth-order valence-electron chi connectivity index (χ4n) is 5.37. The van der Waals surface area contributed by atoms with E-state index in [9.17, 15) is 23.5 Å². The van der Waals surface area contributed by atoms with Crippen LogP contribution in [0.5, 0.6) is 0 Å². The zero-order valence-electron chi connectivity index (χ0n) is 23.1. The van der Waals surface area contributed by atoms with Gasteiger partial charge in [0, 0.05) is 24.2 Å². The van der Waals surface area contributed by atoms with Crippen LogP contribution in [0.25, 0.3) is 11.1 Å². The van der Waals surface area contributed by atoms with Crippen LogP contribution >= 0.6 is 0 Å². The molecule has 1 heterocycles. The summed E-state index contributed by atoms with van der Waals surface area (Å²) in [5.74, 6) is -1.87. The first kappa shape index (κ1) is 28.2. The Balaban J connectivity index is 1.30. The van der Waals surface area contributed by atoms with Crippen molar-refractivity contribution in [2.24, 2.45) is 0 Å². The largest absolute Gasteiger partial charge is 0.478 e. The van der Waals surface area contributed by atoms with Gasteiger partial charge in [0.25, 0.3) is 5.91 Å². The molecule has 1 aliphatic rings. The number of benzene rings is 4. The van der Waals surface area contributed by atoms with Gasteiger partial charge in [-0.2, -0.15) is 0 Å². The lowest BCUT2D eigenvalue weighted by Crippen LogP contribution is -2.27. The number of amides is 1. The first-order valence-electron chi connectivity index (χ1n) is 13.7. The summed E-state index contributed by atoms with van der Waals surface area (Å²) in [6.45, 7) is 5.26. The normalized spacial score (nSPS) is 14.1. The number of carbonyl (C=O) groups is 2. The lowest BCUT2D eigenvalue weighted by Gasteiger charge is -2.21. The molecule has 0 unspecified atom stereocenters. The third-order valence-electron chi connectivity index (χ3n) is 7.73. The molecule has 0 saturated carbocycles. The number of nitrogens with one attached hydrogen (secondary N) is 1. The number of fused-ring (bicyclic) bond motifs is 1. The van der Waals surface area contributed by atoms with E-state index < -0.39 is 5.97 Å². The van der Waals surface area contributed by atoms with E-state index in [1.165, 1.54) is 12.1 Å². The molecule has 4 aromatic rings. The molecule has 5 rings (SSSR count). The Hall–Kier alpha value is -4.36. The predicted molar refractivity (Wildman–Crippen MR) is 155 cm³/mol. The van der Waals surface area contributed by atoms with Crippen molar-refractivity contribution >= 4 is 11.9 Å². The van der Waals surface area contributed by atoms with Crippen LogP contribution in [0.15, 0.2) is 78.9 Å². The minimum atomic E-state index is -1.03. The molecule has 210 valence electrons. The Labute approximate surface area is 238 Å². The highest BCUT2D eigenvalue weighted by molar-refractivity contribution is 5.96. The molecule has 0 bridgehead atoms. The van der Waals surface area contributed by atoms with Crippen molar-refractivity contribution in [1.29, 1.82) is 0 Å². The molecule has 0 spiro atoms. The Kier molecular flexibility index (Phi) is 8.26. The molecule has 0 fully saturated rings. The fourth-order valence-corrected chi connectivity index (χ4v) is 5.37. The number of aryl methyl sites for hydroxylation is 2. The summed E-state index contributed by atoms with van der Waals surface area (Å²) in [7, 11) is 0. The maximum atomic E-state index is 14.9. The van der Waals surface area contributed by atoms with Crippen LogP contribution in [0, 0.1) is 18.6 Å². The molecule has 1 atom stereocenters. The van der Waals surface area contributed by atoms with Gasteiger partial charge < -0.3 is 10.4 Å². The van der Waals surface area contributed by atoms with Crippen molar-refractivity contribution in [1.82, 2.24) is 10.2 Å². The predicted octanol–water partition coefficient (Wildman–Crippen LogP) is 7.08. The highest BCUT2D eigenvalue weighted by atomic mass is 19.1. The number of carbonyl (C=O) groups excluding carboxylic acids is 1. The van der Waals surface area contributed by atoms with E-state index in [-0.39, 0.29) is 29.1 Å². The van der Waals surface area contributed by atoms with E-state index in [4.69, 9.17) is 0 Å². The Morgan fingerprint density at radius 1 is 0.951 bits per heavy atom. The van der Waals surface area contributed by atoms with Gasteiger partial charge in [-0.05, 0) is 103 Å². The smallest absolute Gasteiger partial charge is 0.336 e. The Morgan fingerprint density at radius 3 is 2.54 bits per heavy atom. The second kappa shape index (κ2) is 12.0. The summed E-state index contributed by atoms with van der Waals surface area (Å²) in [5, 5.41) is 12.5. The van der Waals surface area contributed by atoms with Gasteiger partial charge in [-0.3, -0.25) is 9.69 Å². The van der Waals surface area contributed by atoms with Gasteiger partial charge >= 0.3 is 5.97 Å². The van der Waals surface area contributed by atoms with Crippen LogP contribution in [0.1, 0.15) is 67.9 Å². The third-order valence-corrected chi connectivity index (χ3v) is 7.73. The van der Waals surface area contributed by atoms with Crippen molar-refractivity contribution in [2.75, 3.05) is 6.54 Å². The number of nitrogens with zero attached hydrogens (tertiary/aromatic N) is 1. The molecule has 1 amide bonds. The van der Waals surface area contributed by atoms with Crippen LogP contribution in [0.2, 0.25) is 0 Å². The number of aromatic carboxylic acids is 1. The number of hydrogen-bond donors (Lipinski definition) is 2. The lowest BCUT2D eigenvalue weighted by molar-refractivity contribution is 0.0697. The van der Waals surface area contributed by atoms with Gasteiger partial charge in [0.15, 0.2) is 0 Å². The monoisotopic (exact) mass is 554 g/mol. The standard InChI is InChI=1S/C34H32F2N2O3/c1-21-9-10-23(18-32(21)36)22(2)37-33(39)26-11-12-27-19-38(15-5-6-24(27)16-26)20-28-17-25(13-14-31(28)35)29-7-3-4-8-30(29)34(40)41/h3-4,7-14,16-18,22H,5-6,15,19-20H2,1-2H3,(H,37,39)(H,40,41)/t22-/m0/s1. The molecule has 0 saturated heterocycles. The summed E-state index contributed by atoms with van der Waals surface area (Å²) in [6.07, 6.45) is 1.64. The Bertz CT molecular complexity index is 1620. The molecule has 0 aromatic heterocycles. The molecule has 41 heavy (non-hydrogen) atoms. The minimum Gasteiger partial charge on any atom is -0.478 e. The summed E-state index contributed by atoms with van der Waals surface area (Å²) < 4.78 is 28.9. The lowest BCUT2D eigenvalue weighted by atomic mass is 9.97. The van der Waals surface area contributed by atoms with Crippen molar-refractivity contribution in [3.8, 4) is 11.1 Å². The summed E-state index contributed by atoms with van der Waals surface area (Å²) >= 11 is 0. The number of carboxylic acids is 1. The molecular weight excluding hydrogens is 522 g/mol. The Morgan fingerprint density at radius 2 is 1.76 bits per heavy atom. The van der Waals surface area contributed by atoms with Gasteiger partial charge in [0.1, 0.15) is 11.6 Å². The van der Waals surface area contributed by atoms with Crippen molar-refractivity contribution in [3.63, 3.8) is 0 Å². The van der Waals surface area contributed by atoms with E-state index in [0.29, 0.717) is 46.5 Å². The van der Waals surface area contributed by atoms with E-state index in [1.807, 2.05) is 25.1 Å². The number of halogens is 2. The van der Waals surface area contributed by atoms with Crippen LogP contribution < -0.4 is 5.32 Å². The first-order chi connectivity index (χ1) is 19.7. The van der Waals surface area contributed by atoms with Crippen molar-refractivity contribution in [2.45, 2.75) is 45.8 Å². The van der Waals surface area contributed by atoms with Crippen LogP contribution in [-0.4, -0.2) is 28.4 Å². The van der Waals surface area contributed by atoms with Gasteiger partial charge in [-0.25, -0.2) is 13.6 Å². The summed E-state index contributed by atoms with van der Waals surface area (Å²) in [4.78, 5) is 26.9. The van der Waals surface area contributed by atoms with E-state index in [0.717, 1.165) is 30.5 Å². The van der Waals surface area contributed by atoms with Gasteiger partial charge in [0.05, 0.1) is 11.6 Å². The molecule has 0 radical (unpaired) electrons. The molecule has 1 aliphatic heterocycles. The summed E-state index contributed by atoms with van der Waals surface area (Å²) in [6, 6.07) is 21.8. The topological polar surface area (TPSA) is 69.6 Å². The molecule has 2 N–H and O–H groups in total. The average molecular weight is 555 g/mol. The molecular formula is C34H32F2N2O3. The maximum absolute atomic E-state index is 14.9. The average Bonchev–Trinajstić information content (AvgIpc) is 3.16. The van der Waals surface area contributed by atoms with Gasteiger partial charge in [0.2, 0.25) is 0 Å². The summed E-state index contributed by atoms with van der Waals surface area (Å²) in [5.41, 5.74) is 5.87. The van der Waals surface area contributed by atoms with Gasteiger partial charge in [-0.15, -0.1) is 0 Å². The van der Waals surface area contributed by atoms with E-state index >= 15 is 0 Å². The third kappa shape index (κ3) is 6.36. The SMILES string of the molecule is Cc1ccc([C@H](C)NC(=O)c2ccc3c(c2)CCCN(Cc2cc(-c4ccccc4C(=O)O)ccc2F)C3)cc1F. The van der Waals surface area contributed by atoms with E-state index in [1.54, 1.807) is 55.5 Å². The molecule has 0 aliphatic carbocycles. The second-order valence-corrected chi connectivity index (χ2v) is 10.7. The molecule has 7 heteroatoms. The van der Waals surface area contributed by atoms with Crippen molar-refractivity contribution < 1.29 is 23.5 Å². The van der Waals surface area contributed by atoms with Crippen LogP contribution in [0.3, 0.4) is 0 Å². The van der Waals surface area contributed by atoms with Crippen LogP contribution in [-0.2, 0) is 19.5 Å². The highest BCUT2D eigenvalue weighted by Gasteiger charge is 2.20. The van der Waals surface area contributed by atoms with E-state index in [2.05, 4.69) is 10.2 Å². The fraction of sp³-hybridized carbons (Fsp3) is 0.235. The number of rotatable bonds is 7. The zero-order chi connectivity index (χ0) is 29.1. The molecule has 4 aromatic carbocycles. The highest BCUT2D eigenvalue weighted by Crippen LogP contribution is 2.28. The quantitative estimate of drug-likeness (QED) is 0.256. The van der Waals surface area contributed by atoms with Crippen LogP contribution in [0.4, 0.5) is 8.78 Å². The zero-order valence-corrected chi connectivity index (χ0v) is 23.1. The van der Waals surface area contributed by atoms with Gasteiger partial charge in [-0.1, -0.05) is 42.5 Å². The minimum absolute atomic E-state index is 0.175. The number of hydrogen-bond acceptors (Lipinski definition) is 3. The second-order valence-electron chi connectivity index (χ2n) is 10.7. The molecule has 5 nitrogen and oxygen atoms in total.